The summed E-state index contributed by atoms with van der Waals surface area (Å²) in [6.07, 6.45) is 3.69. The van der Waals surface area contributed by atoms with Crippen molar-refractivity contribution in [2.75, 3.05) is 19.7 Å². The molecule has 0 aromatic heterocycles. The van der Waals surface area contributed by atoms with Crippen molar-refractivity contribution in [3.63, 3.8) is 0 Å². The van der Waals surface area contributed by atoms with Crippen LogP contribution >= 0.6 is 0 Å². The van der Waals surface area contributed by atoms with Crippen molar-refractivity contribution in [2.45, 2.75) is 38.1 Å². The van der Waals surface area contributed by atoms with E-state index in [0.29, 0.717) is 18.6 Å². The summed E-state index contributed by atoms with van der Waals surface area (Å²) in [6, 6.07) is 11.0. The molecule has 1 N–H and O–H groups in total. The first-order valence-electron chi connectivity index (χ1n) is 6.71. The lowest BCUT2D eigenvalue weighted by Crippen LogP contribution is -2.43. The van der Waals surface area contributed by atoms with Crippen LogP contribution in [-0.4, -0.2) is 35.7 Å². The standard InChI is InChI=1S/C15H23NO/c1-13(14-7-3-2-4-8-14)11-16-10-6-5-9-15(16)12-17/h2-4,7-8,13,15,17H,5-6,9-12H2,1H3/t13-,15-/m1/s1. The Kier molecular flexibility index (Phi) is 4.57. The van der Waals surface area contributed by atoms with Crippen molar-refractivity contribution < 1.29 is 5.11 Å². The number of rotatable bonds is 4. The molecule has 17 heavy (non-hydrogen) atoms. The molecule has 0 unspecified atom stereocenters. The molecule has 0 spiro atoms. The summed E-state index contributed by atoms with van der Waals surface area (Å²) in [4.78, 5) is 2.46. The first-order chi connectivity index (χ1) is 8.31. The maximum Gasteiger partial charge on any atom is 0.0586 e. The van der Waals surface area contributed by atoms with Gasteiger partial charge in [0, 0.05) is 12.6 Å². The molecule has 2 rings (SSSR count). The molecule has 0 radical (unpaired) electrons. The second-order valence-corrected chi connectivity index (χ2v) is 5.14. The van der Waals surface area contributed by atoms with Gasteiger partial charge in [-0.3, -0.25) is 4.90 Å². The Labute approximate surface area is 104 Å². The van der Waals surface area contributed by atoms with Crippen molar-refractivity contribution >= 4 is 0 Å². The topological polar surface area (TPSA) is 23.5 Å². The van der Waals surface area contributed by atoms with E-state index in [1.165, 1.54) is 18.4 Å². The van der Waals surface area contributed by atoms with Crippen LogP contribution in [0, 0.1) is 0 Å². The highest BCUT2D eigenvalue weighted by molar-refractivity contribution is 5.19. The monoisotopic (exact) mass is 233 g/mol. The average Bonchev–Trinajstić information content (AvgIpc) is 2.40. The largest absolute Gasteiger partial charge is 0.395 e. The normalized spacial score (nSPS) is 23.5. The maximum absolute atomic E-state index is 9.40. The van der Waals surface area contributed by atoms with Gasteiger partial charge in [0.15, 0.2) is 0 Å². The Balaban J connectivity index is 1.95. The number of hydrogen-bond donors (Lipinski definition) is 1. The third kappa shape index (κ3) is 3.30. The predicted octanol–water partition coefficient (Wildman–Crippen LogP) is 2.64. The first-order valence-corrected chi connectivity index (χ1v) is 6.71. The van der Waals surface area contributed by atoms with Crippen LogP contribution in [0.25, 0.3) is 0 Å². The Morgan fingerprint density at radius 1 is 1.29 bits per heavy atom. The molecule has 1 fully saturated rings. The number of piperidine rings is 1. The Morgan fingerprint density at radius 3 is 2.76 bits per heavy atom. The minimum Gasteiger partial charge on any atom is -0.395 e. The number of benzene rings is 1. The van der Waals surface area contributed by atoms with E-state index in [4.69, 9.17) is 0 Å². The summed E-state index contributed by atoms with van der Waals surface area (Å²) in [5, 5.41) is 9.40. The van der Waals surface area contributed by atoms with Crippen molar-refractivity contribution in [1.29, 1.82) is 0 Å². The highest BCUT2D eigenvalue weighted by Crippen LogP contribution is 2.22. The molecule has 0 aliphatic carbocycles. The fourth-order valence-corrected chi connectivity index (χ4v) is 2.75. The average molecular weight is 233 g/mol. The van der Waals surface area contributed by atoms with Crippen LogP contribution in [0.1, 0.15) is 37.7 Å². The number of hydrogen-bond acceptors (Lipinski definition) is 2. The zero-order valence-electron chi connectivity index (χ0n) is 10.7. The van der Waals surface area contributed by atoms with Crippen LogP contribution in [-0.2, 0) is 0 Å². The summed E-state index contributed by atoms with van der Waals surface area (Å²) < 4.78 is 0. The van der Waals surface area contributed by atoms with E-state index in [2.05, 4.69) is 42.2 Å². The maximum atomic E-state index is 9.40. The van der Waals surface area contributed by atoms with E-state index >= 15 is 0 Å². The van der Waals surface area contributed by atoms with E-state index in [0.717, 1.165) is 19.5 Å². The second kappa shape index (κ2) is 6.18. The van der Waals surface area contributed by atoms with Crippen LogP contribution in [0.5, 0.6) is 0 Å². The molecular formula is C15H23NO. The van der Waals surface area contributed by atoms with Crippen molar-refractivity contribution in [1.82, 2.24) is 4.90 Å². The number of aliphatic hydroxyl groups excluding tert-OH is 1. The lowest BCUT2D eigenvalue weighted by atomic mass is 9.97. The molecule has 1 aromatic carbocycles. The van der Waals surface area contributed by atoms with Crippen LogP contribution in [0.4, 0.5) is 0 Å². The summed E-state index contributed by atoms with van der Waals surface area (Å²) in [5.41, 5.74) is 1.40. The molecule has 1 aliphatic rings. The number of aliphatic hydroxyl groups is 1. The van der Waals surface area contributed by atoms with E-state index in [1.54, 1.807) is 0 Å². The summed E-state index contributed by atoms with van der Waals surface area (Å²) in [7, 11) is 0. The Bertz CT molecular complexity index is 325. The molecule has 0 amide bonds. The molecule has 1 aromatic rings. The van der Waals surface area contributed by atoms with E-state index in [9.17, 15) is 5.11 Å². The van der Waals surface area contributed by atoms with Gasteiger partial charge in [-0.15, -0.1) is 0 Å². The zero-order chi connectivity index (χ0) is 12.1. The van der Waals surface area contributed by atoms with Gasteiger partial charge in [0.05, 0.1) is 6.61 Å². The summed E-state index contributed by atoms with van der Waals surface area (Å²) in [6.45, 7) is 4.79. The van der Waals surface area contributed by atoms with Gasteiger partial charge in [0.25, 0.3) is 0 Å². The zero-order valence-corrected chi connectivity index (χ0v) is 10.7. The van der Waals surface area contributed by atoms with E-state index in [-0.39, 0.29) is 0 Å². The quantitative estimate of drug-likeness (QED) is 0.864. The van der Waals surface area contributed by atoms with Crippen LogP contribution < -0.4 is 0 Å². The Hall–Kier alpha value is -0.860. The van der Waals surface area contributed by atoms with Crippen molar-refractivity contribution in [2.24, 2.45) is 0 Å². The van der Waals surface area contributed by atoms with Crippen molar-refractivity contribution in [3.05, 3.63) is 35.9 Å². The molecule has 2 nitrogen and oxygen atoms in total. The molecule has 94 valence electrons. The highest BCUT2D eigenvalue weighted by Gasteiger charge is 2.23. The lowest BCUT2D eigenvalue weighted by molar-refractivity contribution is 0.0860. The highest BCUT2D eigenvalue weighted by atomic mass is 16.3. The minimum atomic E-state index is 0.307. The summed E-state index contributed by atoms with van der Waals surface area (Å²) in [5.74, 6) is 0.545. The fourth-order valence-electron chi connectivity index (χ4n) is 2.75. The van der Waals surface area contributed by atoms with Gasteiger partial charge in [-0.1, -0.05) is 43.7 Å². The van der Waals surface area contributed by atoms with E-state index < -0.39 is 0 Å². The SMILES string of the molecule is C[C@H](CN1CCCC[C@@H]1CO)c1ccccc1. The molecule has 1 aliphatic heterocycles. The number of likely N-dealkylation sites (tertiary alicyclic amines) is 1. The van der Waals surface area contributed by atoms with Gasteiger partial charge in [0.2, 0.25) is 0 Å². The van der Waals surface area contributed by atoms with Crippen LogP contribution in [0.15, 0.2) is 30.3 Å². The molecular weight excluding hydrogens is 210 g/mol. The van der Waals surface area contributed by atoms with Gasteiger partial charge >= 0.3 is 0 Å². The molecule has 2 atom stereocenters. The lowest BCUT2D eigenvalue weighted by Gasteiger charge is -2.36. The first kappa shape index (κ1) is 12.6. The van der Waals surface area contributed by atoms with Gasteiger partial charge in [0.1, 0.15) is 0 Å². The fraction of sp³-hybridized carbons (Fsp3) is 0.600. The van der Waals surface area contributed by atoms with Crippen LogP contribution in [0.2, 0.25) is 0 Å². The van der Waals surface area contributed by atoms with E-state index in [1.807, 2.05) is 0 Å². The third-order valence-electron chi connectivity index (χ3n) is 3.84. The minimum absolute atomic E-state index is 0.307. The molecule has 2 heteroatoms. The summed E-state index contributed by atoms with van der Waals surface area (Å²) >= 11 is 0. The molecule has 1 saturated heterocycles. The molecule has 1 heterocycles. The van der Waals surface area contributed by atoms with Gasteiger partial charge in [-0.05, 0) is 30.9 Å². The van der Waals surface area contributed by atoms with Crippen LogP contribution in [0.3, 0.4) is 0 Å². The smallest absolute Gasteiger partial charge is 0.0586 e. The van der Waals surface area contributed by atoms with Gasteiger partial charge in [-0.2, -0.15) is 0 Å². The predicted molar refractivity (Wildman–Crippen MR) is 71.2 cm³/mol. The van der Waals surface area contributed by atoms with Crippen molar-refractivity contribution in [3.8, 4) is 0 Å². The molecule has 0 saturated carbocycles. The number of nitrogens with zero attached hydrogens (tertiary/aromatic N) is 1. The van der Waals surface area contributed by atoms with Gasteiger partial charge in [-0.25, -0.2) is 0 Å². The second-order valence-electron chi connectivity index (χ2n) is 5.14. The third-order valence-corrected chi connectivity index (χ3v) is 3.84. The molecule has 0 bridgehead atoms. The Morgan fingerprint density at radius 2 is 2.06 bits per heavy atom. The van der Waals surface area contributed by atoms with Gasteiger partial charge < -0.3 is 5.11 Å².